The van der Waals surface area contributed by atoms with E-state index in [2.05, 4.69) is 34.3 Å². The fraction of sp³-hybridized carbons (Fsp3) is 0.583. The molecule has 3 aliphatic carbocycles. The number of halogens is 3. The molecule has 3 fully saturated rings. The molecule has 1 aromatic carbocycles. The quantitative estimate of drug-likeness (QED) is 0.250. The second kappa shape index (κ2) is 11.9. The number of carbonyl (C=O) groups is 2. The first kappa shape index (κ1) is 32.7. The van der Waals surface area contributed by atoms with Crippen LogP contribution in [0, 0.1) is 28.5 Å². The number of rotatable bonds is 6. The Morgan fingerprint density at radius 3 is 2.51 bits per heavy atom. The van der Waals surface area contributed by atoms with Gasteiger partial charge in [0.1, 0.15) is 11.9 Å². The van der Waals surface area contributed by atoms with Gasteiger partial charge < -0.3 is 14.8 Å². The maximum atomic E-state index is 16.2. The summed E-state index contributed by atoms with van der Waals surface area (Å²) in [4.78, 5) is 33.4. The summed E-state index contributed by atoms with van der Waals surface area (Å²) in [5.41, 5.74) is 0.0548. The number of nitrogens with one attached hydrogen (secondary N) is 1. The van der Waals surface area contributed by atoms with Crippen LogP contribution in [0.5, 0.6) is 0 Å². The summed E-state index contributed by atoms with van der Waals surface area (Å²) in [5, 5.41) is 21.3. The van der Waals surface area contributed by atoms with E-state index in [1.165, 1.54) is 6.20 Å². The van der Waals surface area contributed by atoms with Crippen LogP contribution in [-0.4, -0.2) is 32.0 Å². The van der Waals surface area contributed by atoms with Crippen molar-refractivity contribution >= 4 is 40.6 Å². The van der Waals surface area contributed by atoms with Crippen LogP contribution >= 0.6 is 23.2 Å². The molecule has 2 N–H and O–H groups in total. The molecular weight excluding hydrogens is 642 g/mol. The molecule has 3 aromatic rings. The zero-order chi connectivity index (χ0) is 33.3. The van der Waals surface area contributed by atoms with E-state index in [0.717, 1.165) is 56.9 Å². The highest BCUT2D eigenvalue weighted by atomic mass is 35.5. The molecule has 11 heteroatoms. The average Bonchev–Trinajstić information content (AvgIpc) is 3.71. The summed E-state index contributed by atoms with van der Waals surface area (Å²) in [6.07, 6.45) is 8.00. The van der Waals surface area contributed by atoms with E-state index in [1.54, 1.807) is 25.1 Å². The number of carbonyl (C=O) groups excluding carboxylic acids is 2. The van der Waals surface area contributed by atoms with Gasteiger partial charge in [0.15, 0.2) is 11.0 Å². The Hall–Kier alpha value is -2.88. The predicted molar refractivity (Wildman–Crippen MR) is 176 cm³/mol. The summed E-state index contributed by atoms with van der Waals surface area (Å²) < 4.78 is 21.9. The van der Waals surface area contributed by atoms with E-state index in [-0.39, 0.29) is 45.5 Å². The average molecular weight is 684 g/mol. The van der Waals surface area contributed by atoms with Gasteiger partial charge in [0.2, 0.25) is 17.7 Å². The lowest BCUT2D eigenvalue weighted by atomic mass is 9.51. The number of aliphatic hydroxyl groups excluding tert-OH is 1. The summed E-state index contributed by atoms with van der Waals surface area (Å²) in [6, 6.07) is 7.06. The molecule has 3 saturated carbocycles. The second-order valence-electron chi connectivity index (χ2n) is 15.2. The monoisotopic (exact) mass is 682 g/mol. The molecule has 0 saturated heterocycles. The van der Waals surface area contributed by atoms with E-state index < -0.39 is 34.6 Å². The number of nitrogens with zero attached hydrogens (tertiary/aromatic N) is 3. The van der Waals surface area contributed by atoms with Crippen LogP contribution in [0.1, 0.15) is 126 Å². The van der Waals surface area contributed by atoms with Crippen molar-refractivity contribution in [1.29, 1.82) is 0 Å². The minimum absolute atomic E-state index is 0.0660. The predicted octanol–water partition coefficient (Wildman–Crippen LogP) is 8.48. The van der Waals surface area contributed by atoms with E-state index in [4.69, 9.17) is 27.6 Å². The number of pyridine rings is 1. The number of aromatic nitrogens is 3. The van der Waals surface area contributed by atoms with Crippen LogP contribution < -0.4 is 5.32 Å². The lowest BCUT2D eigenvalue weighted by Crippen LogP contribution is -2.52. The Labute approximate surface area is 284 Å². The molecule has 47 heavy (non-hydrogen) atoms. The van der Waals surface area contributed by atoms with Crippen LogP contribution in [0.2, 0.25) is 10.2 Å². The number of fused-ring (bicyclic) bond motifs is 3. The number of hydrogen-bond acceptors (Lipinski definition) is 7. The van der Waals surface area contributed by atoms with Gasteiger partial charge >= 0.3 is 0 Å². The van der Waals surface area contributed by atoms with Gasteiger partial charge in [0.05, 0.1) is 5.41 Å². The fourth-order valence-corrected chi connectivity index (χ4v) is 9.87. The molecule has 4 aliphatic rings. The molecule has 0 unspecified atom stereocenters. The van der Waals surface area contributed by atoms with E-state index in [0.29, 0.717) is 29.4 Å². The van der Waals surface area contributed by atoms with Gasteiger partial charge in [-0.1, -0.05) is 43.1 Å². The first-order valence-corrected chi connectivity index (χ1v) is 17.6. The molecule has 7 rings (SSSR count). The molecule has 0 radical (unpaired) electrons. The highest BCUT2D eigenvalue weighted by molar-refractivity contribution is 6.31. The number of anilines is 1. The van der Waals surface area contributed by atoms with E-state index >= 15 is 4.39 Å². The summed E-state index contributed by atoms with van der Waals surface area (Å²) in [7, 11) is 0. The van der Waals surface area contributed by atoms with Crippen molar-refractivity contribution in [3.63, 3.8) is 0 Å². The number of Topliss-reactive ketones (excluding diaryl/α,β-unsaturated/α-hetero) is 1. The maximum Gasteiger partial charge on any atom is 0.244 e. The van der Waals surface area contributed by atoms with Crippen molar-refractivity contribution in [2.75, 3.05) is 5.32 Å². The molecule has 8 nitrogen and oxygen atoms in total. The van der Waals surface area contributed by atoms with Crippen LogP contribution in [0.15, 0.2) is 34.9 Å². The minimum Gasteiger partial charge on any atom is -0.422 e. The number of benzene rings is 1. The minimum atomic E-state index is -1.17. The van der Waals surface area contributed by atoms with Gasteiger partial charge in [0, 0.05) is 41.1 Å². The van der Waals surface area contributed by atoms with Crippen LogP contribution in [0.25, 0.3) is 0 Å². The Balaban J connectivity index is 1.26. The topological polar surface area (TPSA) is 118 Å². The largest absolute Gasteiger partial charge is 0.422 e. The molecular formula is C36H41Cl2FN4O4. The Morgan fingerprint density at radius 2 is 1.83 bits per heavy atom. The van der Waals surface area contributed by atoms with Crippen molar-refractivity contribution in [2.24, 2.45) is 22.7 Å². The third kappa shape index (κ3) is 5.32. The fourth-order valence-electron chi connectivity index (χ4n) is 9.53. The zero-order valence-electron chi connectivity index (χ0n) is 27.0. The molecule has 2 spiro atoms. The molecule has 4 atom stereocenters. The molecule has 1 amide bonds. The van der Waals surface area contributed by atoms with Gasteiger partial charge in [-0.25, -0.2) is 9.37 Å². The molecule has 3 heterocycles. The van der Waals surface area contributed by atoms with Crippen molar-refractivity contribution in [1.82, 2.24) is 15.2 Å². The Kier molecular flexibility index (Phi) is 8.28. The lowest BCUT2D eigenvalue weighted by Gasteiger charge is -2.51. The molecule has 1 aliphatic heterocycles. The lowest BCUT2D eigenvalue weighted by molar-refractivity contribution is -0.127. The molecule has 0 bridgehead atoms. The van der Waals surface area contributed by atoms with Gasteiger partial charge in [-0.3, -0.25) is 9.59 Å². The van der Waals surface area contributed by atoms with Crippen molar-refractivity contribution < 1.29 is 23.5 Å². The summed E-state index contributed by atoms with van der Waals surface area (Å²) >= 11 is 12.7. The number of ketones is 1. The highest BCUT2D eigenvalue weighted by Gasteiger charge is 2.72. The number of aliphatic hydroxyl groups is 1. The van der Waals surface area contributed by atoms with E-state index in [9.17, 15) is 14.7 Å². The van der Waals surface area contributed by atoms with E-state index in [1.807, 2.05) is 6.07 Å². The van der Waals surface area contributed by atoms with Crippen molar-refractivity contribution in [3.8, 4) is 0 Å². The van der Waals surface area contributed by atoms with Crippen LogP contribution in [-0.2, 0) is 15.0 Å². The third-order valence-electron chi connectivity index (χ3n) is 12.0. The SMILES string of the molecule is C[C@@H](O)c1nnc(C2CCC(CC(=O)[C@@H]3CC4(CCC(C)(C)CC4)[C@@]4(C(=O)Nc5cc(Cl)ccc54)[C@H]3c3ccnc(Cl)c3F)CC2)o1. The Morgan fingerprint density at radius 1 is 1.11 bits per heavy atom. The normalized spacial score (nSPS) is 30.0. The van der Waals surface area contributed by atoms with Crippen LogP contribution in [0.3, 0.4) is 0 Å². The third-order valence-corrected chi connectivity index (χ3v) is 12.5. The first-order valence-electron chi connectivity index (χ1n) is 16.8. The van der Waals surface area contributed by atoms with Gasteiger partial charge in [-0.05, 0) is 111 Å². The van der Waals surface area contributed by atoms with Crippen LogP contribution in [0.4, 0.5) is 10.1 Å². The van der Waals surface area contributed by atoms with Crippen molar-refractivity contribution in [3.05, 3.63) is 69.4 Å². The second-order valence-corrected chi connectivity index (χ2v) is 16.0. The number of amides is 1. The van der Waals surface area contributed by atoms with Crippen molar-refractivity contribution in [2.45, 2.75) is 108 Å². The summed E-state index contributed by atoms with van der Waals surface area (Å²) in [5.74, 6) is -1.18. The standard InChI is InChI=1S/C36H41Cl2FN4O4/c1-19(44)31-42-43-32(47-31)21-6-4-20(5-7-21)16-27(45)24-18-35(13-11-34(2,3)12-14-35)36(28(24)23-10-15-40-30(38)29(23)39)25-9-8-22(37)17-26(25)41-33(36)46/h8-10,15,17,19-21,24,28,44H,4-7,11-14,16,18H2,1-3H3,(H,41,46)/t19-,20?,21?,24+,28+,36-/m1/s1. The Bertz CT molecular complexity index is 1710. The van der Waals surface area contributed by atoms with Gasteiger partial charge in [0.25, 0.3) is 0 Å². The first-order chi connectivity index (χ1) is 22.3. The number of hydrogen-bond donors (Lipinski definition) is 2. The highest BCUT2D eigenvalue weighted by Crippen LogP contribution is 2.72. The smallest absolute Gasteiger partial charge is 0.244 e. The molecule has 250 valence electrons. The van der Waals surface area contributed by atoms with Gasteiger partial charge in [-0.15, -0.1) is 10.2 Å². The maximum absolute atomic E-state index is 16.2. The summed E-state index contributed by atoms with van der Waals surface area (Å²) in [6.45, 7) is 6.09. The van der Waals surface area contributed by atoms with Gasteiger partial charge in [-0.2, -0.15) is 0 Å². The molecule has 2 aromatic heterocycles. The zero-order valence-corrected chi connectivity index (χ0v) is 28.5.